The van der Waals surface area contributed by atoms with Crippen molar-refractivity contribution in [3.05, 3.63) is 53.0 Å². The van der Waals surface area contributed by atoms with Crippen LogP contribution < -0.4 is 5.73 Å². The Morgan fingerprint density at radius 3 is 2.48 bits per heavy atom. The summed E-state index contributed by atoms with van der Waals surface area (Å²) < 4.78 is 0. The van der Waals surface area contributed by atoms with Gasteiger partial charge in [-0.05, 0) is 29.8 Å². The van der Waals surface area contributed by atoms with Gasteiger partial charge in [-0.25, -0.2) is 9.78 Å². The Morgan fingerprint density at radius 2 is 1.86 bits per heavy atom. The van der Waals surface area contributed by atoms with Gasteiger partial charge in [-0.3, -0.25) is 4.79 Å². The molecule has 2 aromatic heterocycles. The van der Waals surface area contributed by atoms with E-state index in [2.05, 4.69) is 4.98 Å². The fourth-order valence-electron chi connectivity index (χ4n) is 2.17. The van der Waals surface area contributed by atoms with Gasteiger partial charge in [0.15, 0.2) is 0 Å². The second-order valence-corrected chi connectivity index (χ2v) is 5.41. The monoisotopic (exact) mass is 298 g/mol. The summed E-state index contributed by atoms with van der Waals surface area (Å²) >= 11 is 1.14. The highest BCUT2D eigenvalue weighted by Gasteiger charge is 2.19. The van der Waals surface area contributed by atoms with Gasteiger partial charge in [0.1, 0.15) is 9.71 Å². The molecule has 0 saturated carbocycles. The topological polar surface area (TPSA) is 93.3 Å². The van der Waals surface area contributed by atoms with Crippen LogP contribution in [0.3, 0.4) is 0 Å². The first-order valence-electron chi connectivity index (χ1n) is 6.09. The summed E-state index contributed by atoms with van der Waals surface area (Å²) in [7, 11) is 0. The molecule has 0 atom stereocenters. The average molecular weight is 298 g/mol. The van der Waals surface area contributed by atoms with Gasteiger partial charge in [-0.1, -0.05) is 12.1 Å². The highest BCUT2D eigenvalue weighted by atomic mass is 32.1. The molecule has 6 heteroatoms. The van der Waals surface area contributed by atoms with Crippen LogP contribution in [0.5, 0.6) is 0 Å². The number of hydrogen-bond donors (Lipinski definition) is 2. The number of carboxylic acids is 1. The summed E-state index contributed by atoms with van der Waals surface area (Å²) in [5.41, 5.74) is 6.93. The summed E-state index contributed by atoms with van der Waals surface area (Å²) in [6.45, 7) is 0. The van der Waals surface area contributed by atoms with Gasteiger partial charge in [0, 0.05) is 22.7 Å². The van der Waals surface area contributed by atoms with Crippen molar-refractivity contribution in [3.8, 4) is 11.1 Å². The number of aromatic nitrogens is 1. The minimum Gasteiger partial charge on any atom is -0.477 e. The van der Waals surface area contributed by atoms with Gasteiger partial charge >= 0.3 is 5.97 Å². The van der Waals surface area contributed by atoms with Crippen LogP contribution in [0.1, 0.15) is 20.0 Å². The predicted molar refractivity (Wildman–Crippen MR) is 80.5 cm³/mol. The van der Waals surface area contributed by atoms with Crippen LogP contribution in [0.2, 0.25) is 0 Å². The number of rotatable bonds is 3. The van der Waals surface area contributed by atoms with E-state index in [-0.39, 0.29) is 4.88 Å². The maximum Gasteiger partial charge on any atom is 0.346 e. The van der Waals surface area contributed by atoms with Crippen LogP contribution in [-0.2, 0) is 0 Å². The van der Waals surface area contributed by atoms with E-state index in [1.54, 1.807) is 36.5 Å². The molecule has 3 rings (SSSR count). The minimum atomic E-state index is -0.994. The molecule has 0 aliphatic heterocycles. The number of hydrogen-bond acceptors (Lipinski definition) is 4. The molecule has 1 aromatic carbocycles. The number of pyridine rings is 1. The number of carboxylic acid groups (broad SMARTS) is 1. The molecule has 0 spiro atoms. The van der Waals surface area contributed by atoms with Crippen LogP contribution in [0.15, 0.2) is 42.6 Å². The number of carbonyl (C=O) groups excluding carboxylic acids is 1. The maximum atomic E-state index is 11.4. The Hall–Kier alpha value is -2.73. The van der Waals surface area contributed by atoms with E-state index in [1.165, 1.54) is 0 Å². The first-order chi connectivity index (χ1) is 10.1. The van der Waals surface area contributed by atoms with Crippen molar-refractivity contribution in [3.63, 3.8) is 0 Å². The number of carbonyl (C=O) groups is 2. The lowest BCUT2D eigenvalue weighted by atomic mass is 10.0. The molecule has 5 nitrogen and oxygen atoms in total. The van der Waals surface area contributed by atoms with Crippen molar-refractivity contribution >= 4 is 33.4 Å². The normalized spacial score (nSPS) is 10.7. The Bertz CT molecular complexity index is 853. The summed E-state index contributed by atoms with van der Waals surface area (Å²) in [5.74, 6) is -1.51. The van der Waals surface area contributed by atoms with Crippen molar-refractivity contribution in [2.75, 3.05) is 0 Å². The number of fused-ring (bicyclic) bond motifs is 1. The molecule has 0 bridgehead atoms. The molecule has 0 aliphatic rings. The van der Waals surface area contributed by atoms with Gasteiger partial charge in [0.05, 0.1) is 0 Å². The van der Waals surface area contributed by atoms with E-state index in [9.17, 15) is 14.7 Å². The number of nitrogens with two attached hydrogens (primary N) is 1. The summed E-state index contributed by atoms with van der Waals surface area (Å²) in [6.07, 6.45) is 1.63. The van der Waals surface area contributed by atoms with Gasteiger partial charge in [-0.15, -0.1) is 11.3 Å². The zero-order valence-corrected chi connectivity index (χ0v) is 11.6. The third kappa shape index (κ3) is 2.25. The summed E-state index contributed by atoms with van der Waals surface area (Å²) in [5, 5.41) is 10.2. The standard InChI is InChI=1S/C15H10N2O3S/c16-13(18)9-5-3-8(4-6-9)11-10-2-1-7-17-14(10)21-12(11)15(19)20/h1-7H,(H2,16,18)(H,19,20). The van der Waals surface area contributed by atoms with E-state index in [1.807, 2.05) is 6.07 Å². The number of aromatic carboxylic acids is 1. The molecule has 104 valence electrons. The van der Waals surface area contributed by atoms with Crippen molar-refractivity contribution in [2.24, 2.45) is 5.73 Å². The summed E-state index contributed by atoms with van der Waals surface area (Å²) in [4.78, 5) is 27.7. The van der Waals surface area contributed by atoms with Gasteiger partial charge in [0.2, 0.25) is 5.91 Å². The highest BCUT2D eigenvalue weighted by molar-refractivity contribution is 7.21. The maximum absolute atomic E-state index is 11.4. The first kappa shape index (κ1) is 13.3. The van der Waals surface area contributed by atoms with Gasteiger partial charge in [0.25, 0.3) is 0 Å². The SMILES string of the molecule is NC(=O)c1ccc(-c2c(C(=O)O)sc3ncccc23)cc1. The lowest BCUT2D eigenvalue weighted by molar-refractivity contribution is 0.0702. The lowest BCUT2D eigenvalue weighted by Crippen LogP contribution is -2.10. The lowest BCUT2D eigenvalue weighted by Gasteiger charge is -2.03. The molecule has 3 aromatic rings. The molecule has 1 amide bonds. The molecule has 3 N–H and O–H groups in total. The Labute approximate surface area is 123 Å². The molecule has 21 heavy (non-hydrogen) atoms. The van der Waals surface area contributed by atoms with Crippen LogP contribution in [0, 0.1) is 0 Å². The molecule has 0 saturated heterocycles. The molecule has 0 aliphatic carbocycles. The van der Waals surface area contributed by atoms with Crippen LogP contribution in [0.4, 0.5) is 0 Å². The van der Waals surface area contributed by atoms with Crippen LogP contribution in [0.25, 0.3) is 21.3 Å². The van der Waals surface area contributed by atoms with Crippen LogP contribution in [-0.4, -0.2) is 22.0 Å². The minimum absolute atomic E-state index is 0.232. The molecule has 0 radical (unpaired) electrons. The number of amides is 1. The predicted octanol–water partition coefficient (Wildman–Crippen LogP) is 2.76. The van der Waals surface area contributed by atoms with Crippen molar-refractivity contribution < 1.29 is 14.7 Å². The molecular formula is C15H10N2O3S. The third-order valence-corrected chi connectivity index (χ3v) is 4.22. The van der Waals surface area contributed by atoms with Crippen LogP contribution >= 0.6 is 11.3 Å². The van der Waals surface area contributed by atoms with E-state index < -0.39 is 11.9 Å². The molecule has 0 unspecified atom stereocenters. The van der Waals surface area contributed by atoms with Crippen molar-refractivity contribution in [1.82, 2.24) is 4.98 Å². The third-order valence-electron chi connectivity index (χ3n) is 3.12. The van der Waals surface area contributed by atoms with E-state index in [4.69, 9.17) is 5.73 Å². The number of benzene rings is 1. The van der Waals surface area contributed by atoms with Gasteiger partial charge < -0.3 is 10.8 Å². The quantitative estimate of drug-likeness (QED) is 0.777. The second kappa shape index (κ2) is 4.99. The molecular weight excluding hydrogens is 288 g/mol. The summed E-state index contributed by atoms with van der Waals surface area (Å²) in [6, 6.07) is 10.2. The average Bonchev–Trinajstić information content (AvgIpc) is 2.87. The fourth-order valence-corrected chi connectivity index (χ4v) is 3.17. The highest BCUT2D eigenvalue weighted by Crippen LogP contribution is 2.37. The largest absolute Gasteiger partial charge is 0.477 e. The number of thiophene rings is 1. The van der Waals surface area contributed by atoms with E-state index >= 15 is 0 Å². The van der Waals surface area contributed by atoms with Crippen molar-refractivity contribution in [1.29, 1.82) is 0 Å². The molecule has 0 fully saturated rings. The van der Waals surface area contributed by atoms with E-state index in [0.717, 1.165) is 22.3 Å². The number of primary amides is 1. The smallest absolute Gasteiger partial charge is 0.346 e. The Balaban J connectivity index is 2.25. The fraction of sp³-hybridized carbons (Fsp3) is 0. The van der Waals surface area contributed by atoms with E-state index in [0.29, 0.717) is 16.0 Å². The zero-order chi connectivity index (χ0) is 15.0. The van der Waals surface area contributed by atoms with Crippen molar-refractivity contribution in [2.45, 2.75) is 0 Å². The second-order valence-electron chi connectivity index (χ2n) is 4.41. The zero-order valence-electron chi connectivity index (χ0n) is 10.7. The first-order valence-corrected chi connectivity index (χ1v) is 6.90. The number of nitrogens with zero attached hydrogens (tertiary/aromatic N) is 1. The van der Waals surface area contributed by atoms with Gasteiger partial charge in [-0.2, -0.15) is 0 Å². The Kier molecular flexibility index (Phi) is 3.15. The Morgan fingerprint density at radius 1 is 1.14 bits per heavy atom. The molecule has 2 heterocycles.